The van der Waals surface area contributed by atoms with Gasteiger partial charge in [-0.1, -0.05) is 12.8 Å². The molecule has 1 aliphatic carbocycles. The number of primary amides is 2. The summed E-state index contributed by atoms with van der Waals surface area (Å²) in [6.45, 7) is 1.10. The Balaban J connectivity index is 2.70. The molecule has 0 aromatic heterocycles. The van der Waals surface area contributed by atoms with Gasteiger partial charge in [0, 0.05) is 12.3 Å². The van der Waals surface area contributed by atoms with E-state index in [1.54, 1.807) is 0 Å². The summed E-state index contributed by atoms with van der Waals surface area (Å²) in [5.74, 6) is -0.392. The van der Waals surface area contributed by atoms with Gasteiger partial charge in [-0.25, -0.2) is 0 Å². The quantitative estimate of drug-likeness (QED) is 0.452. The molecule has 2 amide bonds. The lowest BCUT2D eigenvalue weighted by Crippen LogP contribution is -2.48. The van der Waals surface area contributed by atoms with E-state index in [-0.39, 0.29) is 23.1 Å². The monoisotopic (exact) mass is 298 g/mol. The van der Waals surface area contributed by atoms with Crippen LogP contribution in [0.2, 0.25) is 0 Å². The summed E-state index contributed by atoms with van der Waals surface area (Å²) in [4.78, 5) is 22.7. The third kappa shape index (κ3) is 4.97. The number of amides is 2. The molecule has 21 heavy (non-hydrogen) atoms. The number of nitrogens with two attached hydrogens (primary N) is 4. The van der Waals surface area contributed by atoms with Crippen LogP contribution in [-0.4, -0.2) is 24.9 Å². The van der Waals surface area contributed by atoms with Crippen LogP contribution in [0.25, 0.3) is 0 Å². The largest absolute Gasteiger partial charge is 0.370 e. The summed E-state index contributed by atoms with van der Waals surface area (Å²) in [5.41, 5.74) is 22.4. The van der Waals surface area contributed by atoms with Gasteiger partial charge in [-0.05, 0) is 56.5 Å². The molecule has 0 bridgehead atoms. The molecule has 0 aromatic rings. The fraction of sp³-hybridized carbons (Fsp3) is 0.867. The lowest BCUT2D eigenvalue weighted by molar-refractivity contribution is -0.128. The Morgan fingerprint density at radius 3 is 2.43 bits per heavy atom. The molecular formula is C15H30N4O2. The smallest absolute Gasteiger partial charge is 0.221 e. The molecule has 0 heterocycles. The molecule has 0 spiro atoms. The van der Waals surface area contributed by atoms with Crippen molar-refractivity contribution < 1.29 is 9.59 Å². The summed E-state index contributed by atoms with van der Waals surface area (Å²) >= 11 is 0. The number of carbonyl (C=O) groups excluding carboxylic acids is 2. The Morgan fingerprint density at radius 2 is 1.90 bits per heavy atom. The first-order chi connectivity index (χ1) is 9.95. The highest BCUT2D eigenvalue weighted by molar-refractivity contribution is 5.77. The average Bonchev–Trinajstić information content (AvgIpc) is 2.46. The first-order valence-corrected chi connectivity index (χ1v) is 7.93. The van der Waals surface area contributed by atoms with Crippen LogP contribution in [0, 0.1) is 17.3 Å². The number of rotatable bonds is 9. The van der Waals surface area contributed by atoms with Crippen molar-refractivity contribution >= 4 is 11.8 Å². The second kappa shape index (κ2) is 8.34. The number of unbranched alkanes of at least 4 members (excludes halogenated alkanes) is 1. The maximum atomic E-state index is 11.9. The van der Waals surface area contributed by atoms with Crippen LogP contribution in [0.15, 0.2) is 0 Å². The van der Waals surface area contributed by atoms with Crippen molar-refractivity contribution in [2.75, 3.05) is 13.1 Å². The van der Waals surface area contributed by atoms with E-state index in [4.69, 9.17) is 22.9 Å². The Kier molecular flexibility index (Phi) is 7.11. The van der Waals surface area contributed by atoms with Crippen LogP contribution in [-0.2, 0) is 9.59 Å². The van der Waals surface area contributed by atoms with E-state index in [0.29, 0.717) is 38.3 Å². The van der Waals surface area contributed by atoms with E-state index < -0.39 is 0 Å². The summed E-state index contributed by atoms with van der Waals surface area (Å²) in [7, 11) is 0. The molecular weight excluding hydrogens is 268 g/mol. The van der Waals surface area contributed by atoms with Gasteiger partial charge in [0.2, 0.25) is 11.8 Å². The van der Waals surface area contributed by atoms with E-state index in [0.717, 1.165) is 32.1 Å². The second-order valence-electron chi connectivity index (χ2n) is 6.43. The maximum Gasteiger partial charge on any atom is 0.221 e. The van der Waals surface area contributed by atoms with Gasteiger partial charge in [-0.15, -0.1) is 0 Å². The molecule has 6 heteroatoms. The van der Waals surface area contributed by atoms with E-state index >= 15 is 0 Å². The van der Waals surface area contributed by atoms with Crippen molar-refractivity contribution in [1.29, 1.82) is 0 Å². The highest BCUT2D eigenvalue weighted by atomic mass is 16.1. The van der Waals surface area contributed by atoms with Crippen LogP contribution in [0.5, 0.6) is 0 Å². The molecule has 3 atom stereocenters. The first kappa shape index (κ1) is 17.9. The molecule has 1 rings (SSSR count). The summed E-state index contributed by atoms with van der Waals surface area (Å²) < 4.78 is 0. The highest BCUT2D eigenvalue weighted by Gasteiger charge is 2.43. The number of carbonyl (C=O) groups is 2. The van der Waals surface area contributed by atoms with Gasteiger partial charge in [0.25, 0.3) is 0 Å². The predicted molar refractivity (Wildman–Crippen MR) is 82.8 cm³/mol. The minimum Gasteiger partial charge on any atom is -0.370 e. The molecule has 8 N–H and O–H groups in total. The third-order valence-electron chi connectivity index (χ3n) is 4.97. The van der Waals surface area contributed by atoms with Crippen molar-refractivity contribution in [2.24, 2.45) is 40.2 Å². The number of hydrogen-bond acceptors (Lipinski definition) is 4. The fourth-order valence-corrected chi connectivity index (χ4v) is 3.77. The van der Waals surface area contributed by atoms with Crippen molar-refractivity contribution in [2.45, 2.75) is 51.4 Å². The molecule has 1 fully saturated rings. The molecule has 3 unspecified atom stereocenters. The summed E-state index contributed by atoms with van der Waals surface area (Å²) in [6, 6.07) is 0. The SMILES string of the molecule is NCC1CCCC(CN)(C(CCCCC(N)=O)C(N)=O)C1. The molecule has 0 radical (unpaired) electrons. The van der Waals surface area contributed by atoms with Gasteiger partial charge in [0.15, 0.2) is 0 Å². The predicted octanol–water partition coefficient (Wildman–Crippen LogP) is 0.228. The third-order valence-corrected chi connectivity index (χ3v) is 4.97. The van der Waals surface area contributed by atoms with Gasteiger partial charge < -0.3 is 22.9 Å². The van der Waals surface area contributed by atoms with E-state index in [1.807, 2.05) is 0 Å². The normalized spacial score (nSPS) is 27.2. The molecule has 0 aromatic carbocycles. The Labute approximate surface area is 127 Å². The molecule has 1 aliphatic rings. The lowest BCUT2D eigenvalue weighted by Gasteiger charge is -2.44. The minimum absolute atomic E-state index is 0.221. The van der Waals surface area contributed by atoms with Gasteiger partial charge >= 0.3 is 0 Å². The Morgan fingerprint density at radius 1 is 1.19 bits per heavy atom. The second-order valence-corrected chi connectivity index (χ2v) is 6.43. The van der Waals surface area contributed by atoms with Gasteiger partial charge in [-0.2, -0.15) is 0 Å². The molecule has 0 aliphatic heterocycles. The molecule has 6 nitrogen and oxygen atoms in total. The zero-order valence-corrected chi connectivity index (χ0v) is 12.9. The number of hydrogen-bond donors (Lipinski definition) is 4. The van der Waals surface area contributed by atoms with Crippen LogP contribution >= 0.6 is 0 Å². The van der Waals surface area contributed by atoms with E-state index in [1.165, 1.54) is 0 Å². The highest BCUT2D eigenvalue weighted by Crippen LogP contribution is 2.45. The summed E-state index contributed by atoms with van der Waals surface area (Å²) in [6.07, 6.45) is 6.46. The van der Waals surface area contributed by atoms with Crippen LogP contribution < -0.4 is 22.9 Å². The summed E-state index contributed by atoms with van der Waals surface area (Å²) in [5, 5.41) is 0. The van der Waals surface area contributed by atoms with Crippen LogP contribution in [0.1, 0.15) is 51.4 Å². The van der Waals surface area contributed by atoms with Gasteiger partial charge in [-0.3, -0.25) is 9.59 Å². The Bertz CT molecular complexity index is 362. The van der Waals surface area contributed by atoms with Crippen LogP contribution in [0.4, 0.5) is 0 Å². The van der Waals surface area contributed by atoms with Gasteiger partial charge in [0.1, 0.15) is 0 Å². The Hall–Kier alpha value is -1.14. The van der Waals surface area contributed by atoms with Gasteiger partial charge in [0.05, 0.1) is 0 Å². The van der Waals surface area contributed by atoms with Crippen molar-refractivity contribution in [1.82, 2.24) is 0 Å². The van der Waals surface area contributed by atoms with Crippen molar-refractivity contribution in [3.63, 3.8) is 0 Å². The van der Waals surface area contributed by atoms with Crippen molar-refractivity contribution in [3.05, 3.63) is 0 Å². The molecule has 122 valence electrons. The van der Waals surface area contributed by atoms with E-state index in [9.17, 15) is 9.59 Å². The average molecular weight is 298 g/mol. The topological polar surface area (TPSA) is 138 Å². The first-order valence-electron chi connectivity index (χ1n) is 7.93. The standard InChI is InChI=1S/C15H30N4O2/c16-9-11-4-3-7-15(8-11,10-17)12(14(19)21)5-1-2-6-13(18)20/h11-12H,1-10,16-17H2,(H2,18,20)(H2,19,21). The zero-order chi connectivity index (χ0) is 15.9. The van der Waals surface area contributed by atoms with Crippen LogP contribution in [0.3, 0.4) is 0 Å². The molecule has 1 saturated carbocycles. The zero-order valence-electron chi connectivity index (χ0n) is 12.9. The molecule has 0 saturated heterocycles. The fourth-order valence-electron chi connectivity index (χ4n) is 3.77. The van der Waals surface area contributed by atoms with E-state index in [2.05, 4.69) is 0 Å². The van der Waals surface area contributed by atoms with Crippen molar-refractivity contribution in [3.8, 4) is 0 Å². The minimum atomic E-state index is -0.306. The lowest BCUT2D eigenvalue weighted by atomic mass is 9.61. The maximum absolute atomic E-state index is 11.9.